The molecule has 9 heteroatoms. The number of carboxylic acid groups (broad SMARTS) is 1. The third-order valence-electron chi connectivity index (χ3n) is 6.18. The van der Waals surface area contributed by atoms with Gasteiger partial charge in [0.15, 0.2) is 0 Å². The van der Waals surface area contributed by atoms with Gasteiger partial charge in [-0.3, -0.25) is 19.2 Å². The van der Waals surface area contributed by atoms with Crippen molar-refractivity contribution in [2.24, 2.45) is 11.7 Å². The molecule has 34 heavy (non-hydrogen) atoms. The number of carboxylic acids is 1. The molecule has 1 aliphatic rings. The standard InChI is InChI=1S/C25H38N4O5/c26-16-8-7-13-20(23(32)25(34)28-19-11-5-2-6-12-19)29-24(33)21(14-15-22(30)31)27-17-18-9-3-1-4-10-18/h2,5-6,11-12,18,20-21,27H,1,3-4,7-10,13-17,26H2,(H,28,34)(H,29,33)(H,30,31)/t20-,21-/m0/s1. The number of hydrogen-bond donors (Lipinski definition) is 5. The minimum Gasteiger partial charge on any atom is -0.481 e. The van der Waals surface area contributed by atoms with E-state index in [0.717, 1.165) is 25.7 Å². The lowest BCUT2D eigenvalue weighted by molar-refractivity contribution is -0.138. The van der Waals surface area contributed by atoms with Crippen LogP contribution in [0, 0.1) is 5.92 Å². The molecule has 2 rings (SSSR count). The summed E-state index contributed by atoms with van der Waals surface area (Å²) in [7, 11) is 0. The highest BCUT2D eigenvalue weighted by Crippen LogP contribution is 2.23. The van der Waals surface area contributed by atoms with Crippen molar-refractivity contribution in [1.82, 2.24) is 10.6 Å². The van der Waals surface area contributed by atoms with Crippen molar-refractivity contribution in [2.45, 2.75) is 76.3 Å². The quantitative estimate of drug-likeness (QED) is 0.193. The second kappa shape index (κ2) is 15.2. The lowest BCUT2D eigenvalue weighted by atomic mass is 9.89. The lowest BCUT2D eigenvalue weighted by Gasteiger charge is -2.26. The van der Waals surface area contributed by atoms with Crippen LogP contribution in [0.25, 0.3) is 0 Å². The Kier molecular flexibility index (Phi) is 12.3. The van der Waals surface area contributed by atoms with Gasteiger partial charge in [-0.25, -0.2) is 0 Å². The van der Waals surface area contributed by atoms with E-state index in [9.17, 15) is 19.2 Å². The predicted octanol–water partition coefficient (Wildman–Crippen LogP) is 2.21. The van der Waals surface area contributed by atoms with Crippen molar-refractivity contribution in [1.29, 1.82) is 0 Å². The minimum absolute atomic E-state index is 0.105. The third-order valence-corrected chi connectivity index (χ3v) is 6.18. The Hall–Kier alpha value is -2.78. The summed E-state index contributed by atoms with van der Waals surface area (Å²) in [5, 5.41) is 17.6. The number of ketones is 1. The number of carbonyl (C=O) groups is 4. The first-order valence-electron chi connectivity index (χ1n) is 12.3. The van der Waals surface area contributed by atoms with Crippen LogP contribution in [0.2, 0.25) is 0 Å². The molecular formula is C25H38N4O5. The van der Waals surface area contributed by atoms with Gasteiger partial charge < -0.3 is 26.8 Å². The first-order valence-corrected chi connectivity index (χ1v) is 12.3. The maximum absolute atomic E-state index is 13.1. The summed E-state index contributed by atoms with van der Waals surface area (Å²) in [5.41, 5.74) is 6.05. The summed E-state index contributed by atoms with van der Waals surface area (Å²) in [6, 6.07) is 6.86. The number of unbranched alkanes of at least 4 members (excludes halogenated alkanes) is 1. The van der Waals surface area contributed by atoms with Crippen LogP contribution in [0.15, 0.2) is 30.3 Å². The fourth-order valence-corrected chi connectivity index (χ4v) is 4.20. The maximum Gasteiger partial charge on any atom is 0.303 e. The zero-order chi connectivity index (χ0) is 24.8. The summed E-state index contributed by atoms with van der Waals surface area (Å²) in [6.45, 7) is 1.06. The molecule has 2 atom stereocenters. The number of carbonyl (C=O) groups excluding carboxylic acids is 3. The summed E-state index contributed by atoms with van der Waals surface area (Å²) in [4.78, 5) is 49.7. The molecule has 0 unspecified atom stereocenters. The van der Waals surface area contributed by atoms with Gasteiger partial charge in [-0.15, -0.1) is 0 Å². The van der Waals surface area contributed by atoms with E-state index >= 15 is 0 Å². The molecule has 0 aromatic heterocycles. The largest absolute Gasteiger partial charge is 0.481 e. The van der Waals surface area contributed by atoms with E-state index < -0.39 is 35.7 Å². The van der Waals surface area contributed by atoms with Crippen LogP contribution < -0.4 is 21.7 Å². The Balaban J connectivity index is 2.04. The van der Waals surface area contributed by atoms with E-state index in [1.807, 2.05) is 0 Å². The van der Waals surface area contributed by atoms with Gasteiger partial charge in [0.1, 0.15) is 0 Å². The number of nitrogens with one attached hydrogen (secondary N) is 3. The van der Waals surface area contributed by atoms with Gasteiger partial charge in [-0.1, -0.05) is 37.5 Å². The minimum atomic E-state index is -1.01. The van der Waals surface area contributed by atoms with Crippen molar-refractivity contribution < 1.29 is 24.3 Å². The number of para-hydroxylation sites is 1. The summed E-state index contributed by atoms with van der Waals surface area (Å²) in [5.74, 6) is -2.54. The van der Waals surface area contributed by atoms with Gasteiger partial charge in [0.2, 0.25) is 11.7 Å². The van der Waals surface area contributed by atoms with E-state index in [1.165, 1.54) is 6.42 Å². The molecule has 0 spiro atoms. The highest BCUT2D eigenvalue weighted by Gasteiger charge is 2.30. The first kappa shape index (κ1) is 27.5. The molecule has 1 aliphatic carbocycles. The van der Waals surface area contributed by atoms with E-state index in [1.54, 1.807) is 30.3 Å². The first-order chi connectivity index (χ1) is 16.4. The number of aliphatic carboxylic acids is 1. The van der Waals surface area contributed by atoms with Gasteiger partial charge in [-0.2, -0.15) is 0 Å². The molecule has 0 bridgehead atoms. The van der Waals surface area contributed by atoms with E-state index in [0.29, 0.717) is 37.5 Å². The molecule has 6 N–H and O–H groups in total. The average Bonchev–Trinajstić information content (AvgIpc) is 2.84. The van der Waals surface area contributed by atoms with Gasteiger partial charge in [0, 0.05) is 12.1 Å². The number of nitrogens with two attached hydrogens (primary N) is 1. The Bertz CT molecular complexity index is 796. The highest BCUT2D eigenvalue weighted by molar-refractivity contribution is 6.42. The molecule has 1 saturated carbocycles. The van der Waals surface area contributed by atoms with Crippen LogP contribution in [0.3, 0.4) is 0 Å². The molecule has 2 amide bonds. The lowest BCUT2D eigenvalue weighted by Crippen LogP contribution is -2.53. The molecular weight excluding hydrogens is 436 g/mol. The van der Waals surface area contributed by atoms with Crippen LogP contribution in [0.1, 0.15) is 64.2 Å². The Morgan fingerprint density at radius 3 is 2.32 bits per heavy atom. The second-order valence-electron chi connectivity index (χ2n) is 8.93. The number of amides is 2. The van der Waals surface area contributed by atoms with E-state index in [-0.39, 0.29) is 19.3 Å². The predicted molar refractivity (Wildman–Crippen MR) is 130 cm³/mol. The van der Waals surface area contributed by atoms with Crippen molar-refractivity contribution >= 4 is 29.3 Å². The van der Waals surface area contributed by atoms with Crippen LogP contribution in [-0.2, 0) is 19.2 Å². The summed E-state index contributed by atoms with van der Waals surface area (Å²) < 4.78 is 0. The van der Waals surface area contributed by atoms with Gasteiger partial charge in [0.25, 0.3) is 5.91 Å². The Morgan fingerprint density at radius 1 is 0.971 bits per heavy atom. The third kappa shape index (κ3) is 10.0. The molecule has 9 nitrogen and oxygen atoms in total. The van der Waals surface area contributed by atoms with Gasteiger partial charge in [-0.05, 0) is 69.7 Å². The van der Waals surface area contributed by atoms with Crippen molar-refractivity contribution in [3.05, 3.63) is 30.3 Å². The second-order valence-corrected chi connectivity index (χ2v) is 8.93. The topological polar surface area (TPSA) is 151 Å². The molecule has 0 radical (unpaired) electrons. The van der Waals surface area contributed by atoms with E-state index in [4.69, 9.17) is 10.8 Å². The highest BCUT2D eigenvalue weighted by atomic mass is 16.4. The monoisotopic (exact) mass is 474 g/mol. The molecule has 188 valence electrons. The smallest absolute Gasteiger partial charge is 0.303 e. The van der Waals surface area contributed by atoms with Crippen LogP contribution in [0.4, 0.5) is 5.69 Å². The number of anilines is 1. The van der Waals surface area contributed by atoms with Crippen molar-refractivity contribution in [2.75, 3.05) is 18.4 Å². The van der Waals surface area contributed by atoms with Crippen molar-refractivity contribution in [3.8, 4) is 0 Å². The SMILES string of the molecule is NCCCC[C@H](NC(=O)[C@H](CCC(=O)O)NCC1CCCCC1)C(=O)C(=O)Nc1ccccc1. The number of rotatable bonds is 15. The summed E-state index contributed by atoms with van der Waals surface area (Å²) in [6.07, 6.45) is 7.14. The summed E-state index contributed by atoms with van der Waals surface area (Å²) >= 11 is 0. The Morgan fingerprint density at radius 2 is 1.68 bits per heavy atom. The fourth-order valence-electron chi connectivity index (χ4n) is 4.20. The zero-order valence-corrected chi connectivity index (χ0v) is 19.8. The molecule has 0 heterocycles. The number of Topliss-reactive ketones (excluding diaryl/α,β-unsaturated/α-hetero) is 1. The fraction of sp³-hybridized carbons (Fsp3) is 0.600. The normalized spacial score (nSPS) is 15.8. The van der Waals surface area contributed by atoms with Crippen LogP contribution in [-0.4, -0.2) is 53.8 Å². The van der Waals surface area contributed by atoms with Crippen molar-refractivity contribution in [3.63, 3.8) is 0 Å². The maximum atomic E-state index is 13.1. The van der Waals surface area contributed by atoms with E-state index in [2.05, 4.69) is 16.0 Å². The van der Waals surface area contributed by atoms with Gasteiger partial charge >= 0.3 is 5.97 Å². The molecule has 0 saturated heterocycles. The molecule has 1 aromatic carbocycles. The Labute approximate surface area is 201 Å². The zero-order valence-electron chi connectivity index (χ0n) is 19.8. The molecule has 1 fully saturated rings. The number of hydrogen-bond acceptors (Lipinski definition) is 6. The van der Waals surface area contributed by atoms with Crippen LogP contribution >= 0.6 is 0 Å². The molecule has 0 aliphatic heterocycles. The number of benzene rings is 1. The van der Waals surface area contributed by atoms with Gasteiger partial charge in [0.05, 0.1) is 12.1 Å². The average molecular weight is 475 g/mol. The molecule has 1 aromatic rings. The van der Waals surface area contributed by atoms with Crippen LogP contribution in [0.5, 0.6) is 0 Å².